The molecule has 0 radical (unpaired) electrons. The third-order valence-electron chi connectivity index (χ3n) is 4.13. The minimum atomic E-state index is -3.53. The number of anilines is 1. The van der Waals surface area contributed by atoms with Gasteiger partial charge in [0, 0.05) is 18.0 Å². The number of carbonyl (C=O) groups is 1. The molecule has 2 heterocycles. The normalized spacial score (nSPS) is 15.3. The van der Waals surface area contributed by atoms with Gasteiger partial charge in [0.25, 0.3) is 5.91 Å². The second-order valence-electron chi connectivity index (χ2n) is 5.80. The maximum atomic E-state index is 12.7. The van der Waals surface area contributed by atoms with Crippen molar-refractivity contribution < 1.29 is 17.9 Å². The molecule has 1 aliphatic rings. The number of ether oxygens (including phenoxy) is 1. The lowest BCUT2D eigenvalue weighted by Gasteiger charge is -2.14. The Labute approximate surface area is 151 Å². The Bertz CT molecular complexity index is 884. The average Bonchev–Trinajstić information content (AvgIpc) is 3.25. The van der Waals surface area contributed by atoms with E-state index in [2.05, 4.69) is 5.32 Å². The van der Waals surface area contributed by atoms with Gasteiger partial charge >= 0.3 is 0 Å². The van der Waals surface area contributed by atoms with Crippen LogP contribution in [0.5, 0.6) is 5.75 Å². The van der Waals surface area contributed by atoms with Crippen LogP contribution in [0.15, 0.2) is 35.2 Å². The van der Waals surface area contributed by atoms with Crippen LogP contribution in [0.1, 0.15) is 27.4 Å². The van der Waals surface area contributed by atoms with Gasteiger partial charge in [-0.15, -0.1) is 11.3 Å². The fourth-order valence-corrected chi connectivity index (χ4v) is 5.81. The van der Waals surface area contributed by atoms with Crippen LogP contribution >= 0.6 is 11.3 Å². The van der Waals surface area contributed by atoms with E-state index in [-0.39, 0.29) is 10.8 Å². The predicted molar refractivity (Wildman–Crippen MR) is 98.0 cm³/mol. The van der Waals surface area contributed by atoms with E-state index in [1.807, 2.05) is 6.07 Å². The van der Waals surface area contributed by atoms with Gasteiger partial charge in [-0.3, -0.25) is 4.79 Å². The molecule has 25 heavy (non-hydrogen) atoms. The van der Waals surface area contributed by atoms with Crippen LogP contribution in [0.4, 0.5) is 5.69 Å². The van der Waals surface area contributed by atoms with Gasteiger partial charge in [0.2, 0.25) is 10.0 Å². The van der Waals surface area contributed by atoms with E-state index in [4.69, 9.17) is 4.74 Å². The minimum absolute atomic E-state index is 0.226. The van der Waals surface area contributed by atoms with Crippen molar-refractivity contribution in [1.82, 2.24) is 4.31 Å². The van der Waals surface area contributed by atoms with Gasteiger partial charge in [0.15, 0.2) is 0 Å². The number of nitrogens with zero attached hydrogens (tertiary/aromatic N) is 1. The first-order valence-corrected chi connectivity index (χ1v) is 10.2. The summed E-state index contributed by atoms with van der Waals surface area (Å²) in [7, 11) is -2.00. The maximum absolute atomic E-state index is 12.7. The topological polar surface area (TPSA) is 75.7 Å². The highest BCUT2D eigenvalue weighted by Gasteiger charge is 2.30. The Morgan fingerprint density at radius 2 is 1.92 bits per heavy atom. The fraction of sp³-hybridized carbons (Fsp3) is 0.353. The molecular weight excluding hydrogens is 360 g/mol. The summed E-state index contributed by atoms with van der Waals surface area (Å²) in [5, 5.41) is 2.78. The van der Waals surface area contributed by atoms with Crippen LogP contribution in [0.3, 0.4) is 0 Å². The van der Waals surface area contributed by atoms with Crippen molar-refractivity contribution in [3.8, 4) is 5.75 Å². The summed E-state index contributed by atoms with van der Waals surface area (Å²) in [5.74, 6) is 0.203. The van der Waals surface area contributed by atoms with Gasteiger partial charge < -0.3 is 10.1 Å². The number of amides is 1. The van der Waals surface area contributed by atoms with E-state index in [1.54, 1.807) is 25.1 Å². The number of nitrogens with one attached hydrogen (secondary N) is 1. The number of sulfonamides is 1. The summed E-state index contributed by atoms with van der Waals surface area (Å²) in [5.41, 5.74) is 0.546. The lowest BCUT2D eigenvalue weighted by atomic mass is 10.3. The number of rotatable bonds is 5. The first-order chi connectivity index (χ1) is 11.9. The molecule has 2 aromatic rings. The second kappa shape index (κ2) is 7.15. The van der Waals surface area contributed by atoms with E-state index < -0.39 is 10.0 Å². The Morgan fingerprint density at radius 3 is 2.60 bits per heavy atom. The quantitative estimate of drug-likeness (QED) is 0.865. The zero-order valence-corrected chi connectivity index (χ0v) is 15.7. The molecule has 3 rings (SSSR count). The number of hydrogen-bond acceptors (Lipinski definition) is 5. The van der Waals surface area contributed by atoms with Gasteiger partial charge in [-0.05, 0) is 38.0 Å². The molecular formula is C17H20N2O4S2. The molecule has 8 heteroatoms. The van der Waals surface area contributed by atoms with Crippen LogP contribution < -0.4 is 10.1 Å². The summed E-state index contributed by atoms with van der Waals surface area (Å²) < 4.78 is 32.2. The van der Waals surface area contributed by atoms with Gasteiger partial charge in [-0.1, -0.05) is 12.1 Å². The Morgan fingerprint density at radius 1 is 1.24 bits per heavy atom. The van der Waals surface area contributed by atoms with E-state index in [0.29, 0.717) is 34.3 Å². The molecule has 1 fully saturated rings. The smallest absolute Gasteiger partial charge is 0.265 e. The van der Waals surface area contributed by atoms with Crippen LogP contribution in [0.2, 0.25) is 0 Å². The lowest BCUT2D eigenvalue weighted by Crippen LogP contribution is -2.28. The molecule has 0 spiro atoms. The van der Waals surface area contributed by atoms with Crippen LogP contribution in [0, 0.1) is 6.92 Å². The molecule has 1 amide bonds. The molecule has 1 aliphatic heterocycles. The van der Waals surface area contributed by atoms with Crippen molar-refractivity contribution in [2.75, 3.05) is 25.5 Å². The second-order valence-corrected chi connectivity index (χ2v) is 8.96. The van der Waals surface area contributed by atoms with Gasteiger partial charge in [-0.2, -0.15) is 4.31 Å². The van der Waals surface area contributed by atoms with Crippen LogP contribution in [-0.2, 0) is 10.0 Å². The molecule has 0 saturated carbocycles. The minimum Gasteiger partial charge on any atom is -0.495 e. The number of hydrogen-bond donors (Lipinski definition) is 1. The highest BCUT2D eigenvalue weighted by atomic mass is 32.2. The van der Waals surface area contributed by atoms with E-state index in [9.17, 15) is 13.2 Å². The summed E-state index contributed by atoms with van der Waals surface area (Å²) in [6, 6.07) is 8.56. The highest BCUT2D eigenvalue weighted by molar-refractivity contribution is 7.89. The number of carbonyl (C=O) groups excluding carboxylic acids is 1. The molecule has 0 unspecified atom stereocenters. The molecule has 0 aliphatic carbocycles. The number of para-hydroxylation sites is 2. The van der Waals surface area contributed by atoms with Crippen LogP contribution in [-0.4, -0.2) is 38.8 Å². The molecule has 1 aromatic heterocycles. The van der Waals surface area contributed by atoms with Crippen molar-refractivity contribution in [2.45, 2.75) is 24.7 Å². The summed E-state index contributed by atoms with van der Waals surface area (Å²) >= 11 is 1.18. The van der Waals surface area contributed by atoms with Crippen molar-refractivity contribution >= 4 is 33.0 Å². The molecule has 134 valence electrons. The van der Waals surface area contributed by atoms with E-state index >= 15 is 0 Å². The molecule has 1 saturated heterocycles. The molecule has 0 atom stereocenters. The number of methoxy groups -OCH3 is 1. The average molecular weight is 380 g/mol. The lowest BCUT2D eigenvalue weighted by molar-refractivity contribution is 0.103. The Hall–Kier alpha value is -1.90. The summed E-state index contributed by atoms with van der Waals surface area (Å²) in [4.78, 5) is 13.7. The molecule has 1 N–H and O–H groups in total. The van der Waals surface area contributed by atoms with Crippen molar-refractivity contribution in [2.24, 2.45) is 0 Å². The zero-order valence-electron chi connectivity index (χ0n) is 14.1. The SMILES string of the molecule is COc1ccccc1NC(=O)c1cc(S(=O)(=O)N2CCCC2)c(C)s1. The monoisotopic (exact) mass is 380 g/mol. The van der Waals surface area contributed by atoms with Crippen molar-refractivity contribution in [3.63, 3.8) is 0 Å². The fourth-order valence-electron chi connectivity index (χ4n) is 2.83. The van der Waals surface area contributed by atoms with Gasteiger partial charge in [0.05, 0.1) is 22.6 Å². The number of thiophene rings is 1. The van der Waals surface area contributed by atoms with Crippen LogP contribution in [0.25, 0.3) is 0 Å². The molecule has 0 bridgehead atoms. The van der Waals surface area contributed by atoms with Crippen molar-refractivity contribution in [1.29, 1.82) is 0 Å². The summed E-state index contributed by atoms with van der Waals surface area (Å²) in [6.07, 6.45) is 1.76. The van der Waals surface area contributed by atoms with E-state index in [0.717, 1.165) is 12.8 Å². The summed E-state index contributed by atoms with van der Waals surface area (Å²) in [6.45, 7) is 2.81. The highest BCUT2D eigenvalue weighted by Crippen LogP contribution is 2.31. The van der Waals surface area contributed by atoms with Gasteiger partial charge in [-0.25, -0.2) is 8.42 Å². The standard InChI is InChI=1S/C17H20N2O4S2/c1-12-16(25(21,22)19-9-5-6-10-19)11-15(24-12)17(20)18-13-7-3-4-8-14(13)23-2/h3-4,7-8,11H,5-6,9-10H2,1-2H3,(H,18,20). The predicted octanol–water partition coefficient (Wildman–Crippen LogP) is 3.10. The Balaban J connectivity index is 1.85. The maximum Gasteiger partial charge on any atom is 0.265 e. The van der Waals surface area contributed by atoms with Gasteiger partial charge in [0.1, 0.15) is 5.75 Å². The first kappa shape index (κ1) is 17.9. The number of aryl methyl sites for hydroxylation is 1. The zero-order chi connectivity index (χ0) is 18.0. The van der Waals surface area contributed by atoms with E-state index in [1.165, 1.54) is 28.8 Å². The molecule has 6 nitrogen and oxygen atoms in total. The Kier molecular flexibility index (Phi) is 5.12. The third-order valence-corrected chi connectivity index (χ3v) is 7.34. The molecule has 1 aromatic carbocycles. The largest absolute Gasteiger partial charge is 0.495 e. The number of benzene rings is 1. The first-order valence-electron chi connectivity index (χ1n) is 7.98. The third kappa shape index (κ3) is 3.56. The van der Waals surface area contributed by atoms with Crippen molar-refractivity contribution in [3.05, 3.63) is 40.1 Å².